The first-order chi connectivity index (χ1) is 9.15. The van der Waals surface area contributed by atoms with E-state index in [-0.39, 0.29) is 5.91 Å². The molecule has 0 spiro atoms. The molecule has 1 amide bonds. The number of nitrogens with zero attached hydrogens (tertiary/aromatic N) is 4. The highest BCUT2D eigenvalue weighted by Crippen LogP contribution is 2.04. The molecule has 0 radical (unpaired) electrons. The smallest absolute Gasteiger partial charge is 0.223 e. The zero-order valence-corrected chi connectivity index (χ0v) is 11.1. The maximum absolute atomic E-state index is 12.0. The highest BCUT2D eigenvalue weighted by Gasteiger charge is 2.11. The fourth-order valence-electron chi connectivity index (χ4n) is 1.75. The van der Waals surface area contributed by atoms with E-state index in [1.165, 1.54) is 0 Å². The van der Waals surface area contributed by atoms with Crippen LogP contribution in [0.2, 0.25) is 0 Å². The minimum Gasteiger partial charge on any atom is -0.338 e. The lowest BCUT2D eigenvalue weighted by atomic mass is 10.1. The quantitative estimate of drug-likeness (QED) is 0.872. The molecule has 6 nitrogen and oxygen atoms in total. The Balaban J connectivity index is 1.82. The summed E-state index contributed by atoms with van der Waals surface area (Å²) < 4.78 is 0. The second-order valence-electron chi connectivity index (χ2n) is 4.45. The third kappa shape index (κ3) is 3.87. The van der Waals surface area contributed by atoms with E-state index >= 15 is 0 Å². The zero-order valence-electron chi connectivity index (χ0n) is 11.1. The Morgan fingerprint density at radius 1 is 1.47 bits per heavy atom. The number of nitrogens with one attached hydrogen (secondary N) is 1. The number of pyridine rings is 1. The summed E-state index contributed by atoms with van der Waals surface area (Å²) in [4.78, 5) is 21.8. The zero-order chi connectivity index (χ0) is 13.7. The number of H-pyrrole nitrogens is 1. The predicted molar refractivity (Wildman–Crippen MR) is 70.2 cm³/mol. The number of carbonyl (C=O) groups excluding carboxylic acids is 1. The second kappa shape index (κ2) is 6.08. The van der Waals surface area contributed by atoms with Gasteiger partial charge in [0.2, 0.25) is 5.91 Å². The van der Waals surface area contributed by atoms with E-state index in [0.717, 1.165) is 11.4 Å². The Kier molecular flexibility index (Phi) is 4.22. The van der Waals surface area contributed by atoms with Crippen molar-refractivity contribution in [2.45, 2.75) is 26.3 Å². The van der Waals surface area contributed by atoms with E-state index in [4.69, 9.17) is 0 Å². The molecule has 6 heteroatoms. The highest BCUT2D eigenvalue weighted by molar-refractivity contribution is 5.76. The van der Waals surface area contributed by atoms with Crippen molar-refractivity contribution in [2.75, 3.05) is 7.05 Å². The van der Waals surface area contributed by atoms with Crippen molar-refractivity contribution in [1.82, 2.24) is 25.1 Å². The number of aromatic amines is 1. The van der Waals surface area contributed by atoms with Gasteiger partial charge in [-0.1, -0.05) is 6.07 Å². The summed E-state index contributed by atoms with van der Waals surface area (Å²) in [6.07, 6.45) is 4.67. The van der Waals surface area contributed by atoms with Crippen LogP contribution >= 0.6 is 0 Å². The molecule has 0 bridgehead atoms. The van der Waals surface area contributed by atoms with Crippen LogP contribution in [0.4, 0.5) is 0 Å². The van der Waals surface area contributed by atoms with Crippen molar-refractivity contribution in [1.29, 1.82) is 0 Å². The van der Waals surface area contributed by atoms with Crippen molar-refractivity contribution < 1.29 is 4.79 Å². The lowest BCUT2D eigenvalue weighted by Crippen LogP contribution is -2.26. The average molecular weight is 259 g/mol. The molecule has 100 valence electrons. The van der Waals surface area contributed by atoms with E-state index in [1.807, 2.05) is 19.1 Å². The van der Waals surface area contributed by atoms with Crippen molar-refractivity contribution in [3.05, 3.63) is 41.7 Å². The summed E-state index contributed by atoms with van der Waals surface area (Å²) >= 11 is 0. The molecule has 1 N–H and O–H groups in total. The molecule has 0 aliphatic heterocycles. The van der Waals surface area contributed by atoms with Crippen LogP contribution in [0.15, 0.2) is 24.5 Å². The fourth-order valence-corrected chi connectivity index (χ4v) is 1.75. The number of rotatable bonds is 5. The molecule has 0 aliphatic rings. The van der Waals surface area contributed by atoms with Crippen LogP contribution in [0.1, 0.15) is 23.6 Å². The van der Waals surface area contributed by atoms with Crippen LogP contribution in [0.25, 0.3) is 0 Å². The first kappa shape index (κ1) is 13.2. The van der Waals surface area contributed by atoms with Gasteiger partial charge in [-0.3, -0.25) is 14.9 Å². The van der Waals surface area contributed by atoms with Gasteiger partial charge in [-0.2, -0.15) is 5.10 Å². The minimum absolute atomic E-state index is 0.0753. The first-order valence-electron chi connectivity index (χ1n) is 6.16. The molecule has 0 fully saturated rings. The second-order valence-corrected chi connectivity index (χ2v) is 4.45. The van der Waals surface area contributed by atoms with Gasteiger partial charge in [0.05, 0.1) is 6.54 Å². The third-order valence-electron chi connectivity index (χ3n) is 2.80. The highest BCUT2D eigenvalue weighted by atomic mass is 16.2. The molecule has 0 atom stereocenters. The topological polar surface area (TPSA) is 74.8 Å². The van der Waals surface area contributed by atoms with Gasteiger partial charge >= 0.3 is 0 Å². The molecule has 2 aromatic heterocycles. The van der Waals surface area contributed by atoms with Gasteiger partial charge in [0.1, 0.15) is 5.82 Å². The SMILES string of the molecule is Cc1nc(CN(C)C(=O)CCc2cccnc2)n[nH]1. The van der Waals surface area contributed by atoms with Crippen molar-refractivity contribution in [2.24, 2.45) is 0 Å². The number of amides is 1. The minimum atomic E-state index is 0.0753. The summed E-state index contributed by atoms with van der Waals surface area (Å²) in [6, 6.07) is 3.85. The Hall–Kier alpha value is -2.24. The lowest BCUT2D eigenvalue weighted by Gasteiger charge is -2.14. The van der Waals surface area contributed by atoms with Crippen LogP contribution in [-0.4, -0.2) is 38.0 Å². The average Bonchev–Trinajstić information content (AvgIpc) is 2.82. The molecule has 2 aromatic rings. The Morgan fingerprint density at radius 3 is 2.95 bits per heavy atom. The molecule has 0 saturated carbocycles. The fraction of sp³-hybridized carbons (Fsp3) is 0.385. The molecule has 0 saturated heterocycles. The normalized spacial score (nSPS) is 10.4. The first-order valence-corrected chi connectivity index (χ1v) is 6.16. The molecule has 0 aliphatic carbocycles. The monoisotopic (exact) mass is 259 g/mol. The predicted octanol–water partition coefficient (Wildman–Crippen LogP) is 1.10. The maximum atomic E-state index is 12.0. The van der Waals surface area contributed by atoms with Crippen molar-refractivity contribution in [3.8, 4) is 0 Å². The largest absolute Gasteiger partial charge is 0.338 e. The Morgan fingerprint density at radius 2 is 2.32 bits per heavy atom. The summed E-state index contributed by atoms with van der Waals surface area (Å²) in [5.74, 6) is 1.47. The van der Waals surface area contributed by atoms with E-state index in [0.29, 0.717) is 25.2 Å². The van der Waals surface area contributed by atoms with E-state index < -0.39 is 0 Å². The van der Waals surface area contributed by atoms with Gasteiger partial charge in [-0.05, 0) is 25.0 Å². The van der Waals surface area contributed by atoms with E-state index in [1.54, 1.807) is 24.3 Å². The van der Waals surface area contributed by atoms with Crippen LogP contribution < -0.4 is 0 Å². The van der Waals surface area contributed by atoms with E-state index in [9.17, 15) is 4.79 Å². The Bertz CT molecular complexity index is 537. The van der Waals surface area contributed by atoms with E-state index in [2.05, 4.69) is 20.2 Å². The summed E-state index contributed by atoms with van der Waals surface area (Å²) in [5.41, 5.74) is 1.07. The van der Waals surface area contributed by atoms with Crippen molar-refractivity contribution >= 4 is 5.91 Å². The number of carbonyl (C=O) groups is 1. The summed E-state index contributed by atoms with van der Waals surface area (Å²) in [6.45, 7) is 2.26. The third-order valence-corrected chi connectivity index (χ3v) is 2.80. The maximum Gasteiger partial charge on any atom is 0.223 e. The molecule has 2 heterocycles. The van der Waals surface area contributed by atoms with Crippen LogP contribution in [0.5, 0.6) is 0 Å². The van der Waals surface area contributed by atoms with Crippen LogP contribution in [0, 0.1) is 6.92 Å². The van der Waals surface area contributed by atoms with Crippen LogP contribution in [0.3, 0.4) is 0 Å². The van der Waals surface area contributed by atoms with Gasteiger partial charge in [-0.25, -0.2) is 4.98 Å². The van der Waals surface area contributed by atoms with Gasteiger partial charge in [0.25, 0.3) is 0 Å². The van der Waals surface area contributed by atoms with Gasteiger partial charge in [0, 0.05) is 25.9 Å². The van der Waals surface area contributed by atoms with Gasteiger partial charge < -0.3 is 4.90 Å². The molecule has 0 aromatic carbocycles. The van der Waals surface area contributed by atoms with Gasteiger partial charge in [-0.15, -0.1) is 0 Å². The number of aryl methyl sites for hydroxylation is 2. The number of aromatic nitrogens is 4. The lowest BCUT2D eigenvalue weighted by molar-refractivity contribution is -0.130. The van der Waals surface area contributed by atoms with Gasteiger partial charge in [0.15, 0.2) is 5.82 Å². The molecule has 2 rings (SSSR count). The number of hydrogen-bond donors (Lipinski definition) is 1. The summed E-state index contributed by atoms with van der Waals surface area (Å²) in [7, 11) is 1.76. The standard InChI is InChI=1S/C13H17N5O/c1-10-15-12(17-16-10)9-18(2)13(19)6-5-11-4-3-7-14-8-11/h3-4,7-8H,5-6,9H2,1-2H3,(H,15,16,17). The molecular formula is C13H17N5O. The number of hydrogen-bond acceptors (Lipinski definition) is 4. The molecule has 0 unspecified atom stereocenters. The Labute approximate surface area is 111 Å². The van der Waals surface area contributed by atoms with Crippen LogP contribution in [-0.2, 0) is 17.8 Å². The molecular weight excluding hydrogens is 242 g/mol. The van der Waals surface area contributed by atoms with Crippen molar-refractivity contribution in [3.63, 3.8) is 0 Å². The summed E-state index contributed by atoms with van der Waals surface area (Å²) in [5, 5.41) is 6.78. The molecule has 19 heavy (non-hydrogen) atoms.